The van der Waals surface area contributed by atoms with Gasteiger partial charge < -0.3 is 19.9 Å². The first kappa shape index (κ1) is 13.9. The monoisotopic (exact) mass is 297 g/mol. The van der Waals surface area contributed by atoms with Crippen LogP contribution >= 0.6 is 0 Å². The van der Waals surface area contributed by atoms with Crippen LogP contribution in [-0.4, -0.2) is 22.2 Å². The van der Waals surface area contributed by atoms with E-state index in [-0.39, 0.29) is 0 Å². The summed E-state index contributed by atoms with van der Waals surface area (Å²) in [5, 5.41) is 10.0. The second-order valence-corrected chi connectivity index (χ2v) is 4.54. The van der Waals surface area contributed by atoms with Gasteiger partial charge in [0.1, 0.15) is 17.3 Å². The molecular weight excluding hydrogens is 282 g/mol. The number of rotatable bonds is 5. The van der Waals surface area contributed by atoms with Crippen molar-refractivity contribution in [2.75, 3.05) is 17.7 Å². The van der Waals surface area contributed by atoms with Gasteiger partial charge in [-0.3, -0.25) is 0 Å². The maximum Gasteiger partial charge on any atom is 0.229 e. The van der Waals surface area contributed by atoms with Crippen molar-refractivity contribution in [3.63, 3.8) is 0 Å². The molecule has 7 heteroatoms. The third kappa shape index (κ3) is 3.14. The molecule has 1 aromatic carbocycles. The number of ether oxygens (including phenoxy) is 1. The molecule has 3 aromatic rings. The van der Waals surface area contributed by atoms with Crippen molar-refractivity contribution < 1.29 is 9.26 Å². The molecule has 3 rings (SSSR count). The van der Waals surface area contributed by atoms with E-state index in [4.69, 9.17) is 9.26 Å². The highest BCUT2D eigenvalue weighted by Crippen LogP contribution is 2.26. The number of aromatic nitrogens is 3. The van der Waals surface area contributed by atoms with Gasteiger partial charge in [0.15, 0.2) is 5.82 Å². The Kier molecular flexibility index (Phi) is 3.86. The molecule has 0 unspecified atom stereocenters. The van der Waals surface area contributed by atoms with Crippen LogP contribution in [-0.2, 0) is 0 Å². The van der Waals surface area contributed by atoms with E-state index < -0.39 is 0 Å². The van der Waals surface area contributed by atoms with Crippen LogP contribution in [0.5, 0.6) is 5.75 Å². The summed E-state index contributed by atoms with van der Waals surface area (Å²) in [6.45, 7) is 1.83. The van der Waals surface area contributed by atoms with Crippen molar-refractivity contribution in [2.45, 2.75) is 6.92 Å². The number of aryl methyl sites for hydroxylation is 1. The highest BCUT2D eigenvalue weighted by molar-refractivity contribution is 5.63. The summed E-state index contributed by atoms with van der Waals surface area (Å²) < 4.78 is 10.3. The van der Waals surface area contributed by atoms with Crippen LogP contribution in [0, 0.1) is 6.92 Å². The Labute approximate surface area is 127 Å². The molecule has 112 valence electrons. The average Bonchev–Trinajstić information content (AvgIpc) is 2.93. The second kappa shape index (κ2) is 6.13. The number of hydrogen-bond acceptors (Lipinski definition) is 7. The zero-order chi connectivity index (χ0) is 15.4. The number of hydrogen-bond donors (Lipinski definition) is 2. The fourth-order valence-electron chi connectivity index (χ4n) is 1.91. The van der Waals surface area contributed by atoms with E-state index in [1.165, 1.54) is 0 Å². The molecule has 0 amide bonds. The molecule has 2 N–H and O–H groups in total. The molecule has 0 saturated heterocycles. The fraction of sp³-hybridized carbons (Fsp3) is 0.133. The Morgan fingerprint density at radius 1 is 1.09 bits per heavy atom. The average molecular weight is 297 g/mol. The van der Waals surface area contributed by atoms with Gasteiger partial charge in [0.05, 0.1) is 12.8 Å². The molecule has 0 fully saturated rings. The molecule has 0 aliphatic carbocycles. The van der Waals surface area contributed by atoms with E-state index in [0.29, 0.717) is 17.6 Å². The molecule has 2 heterocycles. The van der Waals surface area contributed by atoms with E-state index in [9.17, 15) is 0 Å². The Balaban J connectivity index is 1.79. The molecule has 0 radical (unpaired) electrons. The highest BCUT2D eigenvalue weighted by Gasteiger charge is 2.06. The first-order valence-corrected chi connectivity index (χ1v) is 6.68. The summed E-state index contributed by atoms with van der Waals surface area (Å²) >= 11 is 0. The van der Waals surface area contributed by atoms with Crippen molar-refractivity contribution in [1.29, 1.82) is 0 Å². The minimum atomic E-state index is 0.453. The number of methoxy groups -OCH3 is 1. The topological polar surface area (TPSA) is 85.1 Å². The van der Waals surface area contributed by atoms with E-state index in [2.05, 4.69) is 25.8 Å². The second-order valence-electron chi connectivity index (χ2n) is 4.54. The van der Waals surface area contributed by atoms with Crippen LogP contribution < -0.4 is 15.4 Å². The lowest BCUT2D eigenvalue weighted by Crippen LogP contribution is -2.01. The Morgan fingerprint density at radius 2 is 1.95 bits per heavy atom. The largest absolute Gasteiger partial charge is 0.495 e. The Hall–Kier alpha value is -3.09. The van der Waals surface area contributed by atoms with Crippen molar-refractivity contribution in [3.8, 4) is 5.75 Å². The summed E-state index contributed by atoms with van der Waals surface area (Å²) in [7, 11) is 1.62. The molecule has 22 heavy (non-hydrogen) atoms. The van der Waals surface area contributed by atoms with Gasteiger partial charge in [0.25, 0.3) is 0 Å². The summed E-state index contributed by atoms with van der Waals surface area (Å²) in [6.07, 6.45) is 1.65. The van der Waals surface area contributed by atoms with Crippen LogP contribution in [0.4, 0.5) is 23.3 Å². The first-order chi connectivity index (χ1) is 10.7. The minimum absolute atomic E-state index is 0.453. The zero-order valence-electron chi connectivity index (χ0n) is 12.2. The molecule has 7 nitrogen and oxygen atoms in total. The fourth-order valence-corrected chi connectivity index (χ4v) is 1.91. The maximum absolute atomic E-state index is 5.29. The molecule has 2 aromatic heterocycles. The molecule has 0 aliphatic rings. The Bertz CT molecular complexity index is 772. The van der Waals surface area contributed by atoms with Gasteiger partial charge in [-0.25, -0.2) is 4.98 Å². The number of para-hydroxylation sites is 2. The van der Waals surface area contributed by atoms with Crippen LogP contribution in [0.3, 0.4) is 0 Å². The van der Waals surface area contributed by atoms with Gasteiger partial charge >= 0.3 is 0 Å². The van der Waals surface area contributed by atoms with Gasteiger partial charge in [-0.15, -0.1) is 0 Å². The predicted octanol–water partition coefficient (Wildman–Crippen LogP) is 3.27. The zero-order valence-corrected chi connectivity index (χ0v) is 12.2. The normalized spacial score (nSPS) is 10.3. The molecule has 0 aliphatic heterocycles. The lowest BCUT2D eigenvalue weighted by molar-refractivity contribution is 0.400. The number of nitrogens with zero attached hydrogens (tertiary/aromatic N) is 3. The minimum Gasteiger partial charge on any atom is -0.495 e. The molecular formula is C15H15N5O2. The van der Waals surface area contributed by atoms with Crippen LogP contribution in [0.1, 0.15) is 5.76 Å². The van der Waals surface area contributed by atoms with E-state index in [1.807, 2.05) is 31.2 Å². The van der Waals surface area contributed by atoms with E-state index in [1.54, 1.807) is 25.4 Å². The molecule has 0 atom stereocenters. The van der Waals surface area contributed by atoms with Gasteiger partial charge in [-0.1, -0.05) is 17.3 Å². The summed E-state index contributed by atoms with van der Waals surface area (Å²) in [6, 6.07) is 11.1. The van der Waals surface area contributed by atoms with Crippen molar-refractivity contribution in [1.82, 2.24) is 15.1 Å². The van der Waals surface area contributed by atoms with Gasteiger partial charge in [-0.05, 0) is 25.1 Å². The third-order valence-electron chi connectivity index (χ3n) is 2.89. The SMILES string of the molecule is COc1ccccc1Nc1nccc(Nc2cc(C)on2)n1. The van der Waals surface area contributed by atoms with Crippen molar-refractivity contribution in [2.24, 2.45) is 0 Å². The molecule has 0 spiro atoms. The number of anilines is 4. The smallest absolute Gasteiger partial charge is 0.229 e. The number of benzene rings is 1. The first-order valence-electron chi connectivity index (χ1n) is 6.68. The van der Waals surface area contributed by atoms with Crippen molar-refractivity contribution in [3.05, 3.63) is 48.4 Å². The van der Waals surface area contributed by atoms with Gasteiger partial charge in [0, 0.05) is 12.3 Å². The summed E-state index contributed by atoms with van der Waals surface area (Å²) in [5.41, 5.74) is 0.791. The van der Waals surface area contributed by atoms with Crippen LogP contribution in [0.25, 0.3) is 0 Å². The van der Waals surface area contributed by atoms with Crippen LogP contribution in [0.2, 0.25) is 0 Å². The van der Waals surface area contributed by atoms with Crippen molar-refractivity contribution >= 4 is 23.3 Å². The van der Waals surface area contributed by atoms with E-state index in [0.717, 1.165) is 17.2 Å². The van der Waals surface area contributed by atoms with E-state index >= 15 is 0 Å². The molecule has 0 bridgehead atoms. The predicted molar refractivity (Wildman–Crippen MR) is 82.8 cm³/mol. The summed E-state index contributed by atoms with van der Waals surface area (Å²) in [5.74, 6) is 3.11. The van der Waals surface area contributed by atoms with Gasteiger partial charge in [-0.2, -0.15) is 4.98 Å². The standard InChI is InChI=1S/C15H15N5O2/c1-10-9-14(20-22-10)18-13-7-8-16-15(19-13)17-11-5-3-4-6-12(11)21-2/h3-9H,1-2H3,(H2,16,17,18,19,20). The van der Waals surface area contributed by atoms with Crippen LogP contribution in [0.15, 0.2) is 47.1 Å². The quantitative estimate of drug-likeness (QED) is 0.747. The number of nitrogens with one attached hydrogen (secondary N) is 2. The molecule has 0 saturated carbocycles. The highest BCUT2D eigenvalue weighted by atomic mass is 16.5. The lowest BCUT2D eigenvalue weighted by Gasteiger charge is -2.10. The van der Waals surface area contributed by atoms with Gasteiger partial charge in [0.2, 0.25) is 5.95 Å². The Morgan fingerprint density at radius 3 is 2.73 bits per heavy atom. The maximum atomic E-state index is 5.29. The third-order valence-corrected chi connectivity index (χ3v) is 2.89. The summed E-state index contributed by atoms with van der Waals surface area (Å²) in [4.78, 5) is 8.57. The lowest BCUT2D eigenvalue weighted by atomic mass is 10.3.